The first-order valence-electron chi connectivity index (χ1n) is 12.1. The van der Waals surface area contributed by atoms with Crippen LogP contribution in [0.1, 0.15) is 103 Å². The quantitative estimate of drug-likeness (QED) is 0.676. The van der Waals surface area contributed by atoms with E-state index in [0.717, 1.165) is 36.5 Å². The lowest BCUT2D eigenvalue weighted by molar-refractivity contribution is -0.0397. The Balaban J connectivity index is 1.32. The van der Waals surface area contributed by atoms with Gasteiger partial charge in [0.05, 0.1) is 12.2 Å². The fraction of sp³-hybridized carbons (Fsp3) is 1.00. The van der Waals surface area contributed by atoms with Crippen molar-refractivity contribution in [2.45, 2.75) is 115 Å². The standard InChI is InChI=1S/C24H42O2/c25-23-14-12-19(15-22(23)18-9-5-2-6-10-18)20-11-13-21(24(26)16-20)17-7-3-1-4-8-17/h17-26H,1-16H2. The van der Waals surface area contributed by atoms with Gasteiger partial charge in [-0.15, -0.1) is 0 Å². The first kappa shape index (κ1) is 19.2. The summed E-state index contributed by atoms with van der Waals surface area (Å²) in [6.07, 6.45) is 20.8. The second-order valence-electron chi connectivity index (χ2n) is 10.4. The first-order valence-corrected chi connectivity index (χ1v) is 12.1. The Morgan fingerprint density at radius 2 is 0.923 bits per heavy atom. The van der Waals surface area contributed by atoms with Crippen LogP contribution in [0.4, 0.5) is 0 Å². The van der Waals surface area contributed by atoms with Crippen LogP contribution >= 0.6 is 0 Å². The van der Waals surface area contributed by atoms with Crippen LogP contribution in [0.3, 0.4) is 0 Å². The van der Waals surface area contributed by atoms with Gasteiger partial charge in [-0.05, 0) is 74.0 Å². The summed E-state index contributed by atoms with van der Waals surface area (Å²) in [6.45, 7) is 0. The van der Waals surface area contributed by atoms with E-state index in [9.17, 15) is 10.2 Å². The van der Waals surface area contributed by atoms with E-state index >= 15 is 0 Å². The Morgan fingerprint density at radius 3 is 1.54 bits per heavy atom. The highest BCUT2D eigenvalue weighted by Gasteiger charge is 2.41. The predicted octanol–water partition coefficient (Wildman–Crippen LogP) is 5.70. The van der Waals surface area contributed by atoms with Crippen molar-refractivity contribution in [1.82, 2.24) is 0 Å². The molecule has 4 fully saturated rings. The van der Waals surface area contributed by atoms with Crippen molar-refractivity contribution < 1.29 is 10.2 Å². The molecule has 4 aliphatic carbocycles. The van der Waals surface area contributed by atoms with Crippen molar-refractivity contribution in [2.24, 2.45) is 35.5 Å². The van der Waals surface area contributed by atoms with Crippen LogP contribution in [0.5, 0.6) is 0 Å². The Labute approximate surface area is 161 Å². The minimum Gasteiger partial charge on any atom is -0.393 e. The van der Waals surface area contributed by atoms with Gasteiger partial charge in [-0.25, -0.2) is 0 Å². The van der Waals surface area contributed by atoms with Crippen LogP contribution in [0, 0.1) is 35.5 Å². The molecular weight excluding hydrogens is 320 g/mol. The molecule has 0 bridgehead atoms. The second kappa shape index (κ2) is 8.95. The molecule has 150 valence electrons. The number of aliphatic hydroxyl groups excluding tert-OH is 2. The van der Waals surface area contributed by atoms with Gasteiger partial charge in [-0.2, -0.15) is 0 Å². The van der Waals surface area contributed by atoms with Crippen LogP contribution in [0.2, 0.25) is 0 Å². The number of aliphatic hydroxyl groups is 2. The van der Waals surface area contributed by atoms with Crippen LogP contribution in [-0.2, 0) is 0 Å². The summed E-state index contributed by atoms with van der Waals surface area (Å²) < 4.78 is 0. The minimum atomic E-state index is -0.0446. The van der Waals surface area contributed by atoms with Gasteiger partial charge >= 0.3 is 0 Å². The van der Waals surface area contributed by atoms with E-state index in [2.05, 4.69) is 0 Å². The molecule has 0 radical (unpaired) electrons. The van der Waals surface area contributed by atoms with Gasteiger partial charge in [0.15, 0.2) is 0 Å². The van der Waals surface area contributed by atoms with E-state index in [-0.39, 0.29) is 12.2 Å². The SMILES string of the molecule is OC1CC(C2CCC(O)C(C3CCCCC3)C2)CCC1C1CCCCC1. The smallest absolute Gasteiger partial charge is 0.0573 e. The molecular formula is C24H42O2. The van der Waals surface area contributed by atoms with Crippen LogP contribution in [0.25, 0.3) is 0 Å². The molecule has 0 amide bonds. The predicted molar refractivity (Wildman–Crippen MR) is 107 cm³/mol. The average Bonchev–Trinajstić information content (AvgIpc) is 2.69. The monoisotopic (exact) mass is 362 g/mol. The molecule has 0 aromatic rings. The van der Waals surface area contributed by atoms with Gasteiger partial charge in [-0.3, -0.25) is 0 Å². The molecule has 0 aromatic carbocycles. The minimum absolute atomic E-state index is 0.0437. The van der Waals surface area contributed by atoms with Crippen LogP contribution < -0.4 is 0 Å². The maximum Gasteiger partial charge on any atom is 0.0573 e. The van der Waals surface area contributed by atoms with E-state index in [1.54, 1.807) is 0 Å². The Morgan fingerprint density at radius 1 is 0.385 bits per heavy atom. The molecule has 2 nitrogen and oxygen atoms in total. The molecule has 0 aliphatic heterocycles. The summed E-state index contributed by atoms with van der Waals surface area (Å²) in [4.78, 5) is 0. The van der Waals surface area contributed by atoms with Gasteiger partial charge < -0.3 is 10.2 Å². The normalized spacial score (nSPS) is 44.1. The molecule has 0 saturated heterocycles. The zero-order valence-electron chi connectivity index (χ0n) is 16.8. The number of hydrogen-bond donors (Lipinski definition) is 2. The molecule has 6 atom stereocenters. The third-order valence-corrected chi connectivity index (χ3v) is 8.99. The summed E-state index contributed by atoms with van der Waals surface area (Å²) >= 11 is 0. The summed E-state index contributed by atoms with van der Waals surface area (Å²) in [5.74, 6) is 4.24. The van der Waals surface area contributed by atoms with Crippen molar-refractivity contribution in [3.8, 4) is 0 Å². The van der Waals surface area contributed by atoms with Gasteiger partial charge in [-0.1, -0.05) is 64.2 Å². The maximum atomic E-state index is 10.9. The van der Waals surface area contributed by atoms with Gasteiger partial charge in [0.25, 0.3) is 0 Å². The highest BCUT2D eigenvalue weighted by Crippen LogP contribution is 2.48. The fourth-order valence-corrected chi connectivity index (χ4v) is 7.46. The van der Waals surface area contributed by atoms with Gasteiger partial charge in [0.2, 0.25) is 0 Å². The topological polar surface area (TPSA) is 40.5 Å². The summed E-state index contributed by atoms with van der Waals surface area (Å²) in [6, 6.07) is 0. The Hall–Kier alpha value is -0.0800. The van der Waals surface area contributed by atoms with Gasteiger partial charge in [0, 0.05) is 0 Å². The molecule has 4 aliphatic rings. The van der Waals surface area contributed by atoms with Crippen molar-refractivity contribution in [3.63, 3.8) is 0 Å². The Bertz CT molecular complexity index is 424. The van der Waals surface area contributed by atoms with Crippen molar-refractivity contribution in [1.29, 1.82) is 0 Å². The van der Waals surface area contributed by atoms with E-state index in [1.807, 2.05) is 0 Å². The average molecular weight is 363 g/mol. The Kier molecular flexibility index (Phi) is 6.62. The van der Waals surface area contributed by atoms with Crippen molar-refractivity contribution in [2.75, 3.05) is 0 Å². The van der Waals surface area contributed by atoms with E-state index in [4.69, 9.17) is 0 Å². The summed E-state index contributed by atoms with van der Waals surface area (Å²) in [7, 11) is 0. The largest absolute Gasteiger partial charge is 0.393 e. The maximum absolute atomic E-state index is 10.9. The second-order valence-corrected chi connectivity index (χ2v) is 10.4. The van der Waals surface area contributed by atoms with Gasteiger partial charge in [0.1, 0.15) is 0 Å². The van der Waals surface area contributed by atoms with E-state index < -0.39 is 0 Å². The third-order valence-electron chi connectivity index (χ3n) is 8.99. The molecule has 4 saturated carbocycles. The van der Waals surface area contributed by atoms with Crippen LogP contribution in [0.15, 0.2) is 0 Å². The van der Waals surface area contributed by atoms with Crippen molar-refractivity contribution in [3.05, 3.63) is 0 Å². The molecule has 4 rings (SSSR count). The lowest BCUT2D eigenvalue weighted by Gasteiger charge is -2.46. The molecule has 0 spiro atoms. The van der Waals surface area contributed by atoms with Crippen LogP contribution in [-0.4, -0.2) is 22.4 Å². The first-order chi connectivity index (χ1) is 12.7. The van der Waals surface area contributed by atoms with Crippen molar-refractivity contribution >= 4 is 0 Å². The highest BCUT2D eigenvalue weighted by molar-refractivity contribution is 4.92. The summed E-state index contributed by atoms with van der Waals surface area (Å²) in [5.41, 5.74) is 0. The number of rotatable bonds is 3. The molecule has 26 heavy (non-hydrogen) atoms. The lowest BCUT2D eigenvalue weighted by atomic mass is 9.62. The lowest BCUT2D eigenvalue weighted by Crippen LogP contribution is -2.41. The molecule has 2 N–H and O–H groups in total. The molecule has 0 heterocycles. The number of hydrogen-bond acceptors (Lipinski definition) is 2. The third kappa shape index (κ3) is 4.32. The molecule has 6 unspecified atom stereocenters. The molecule has 0 aromatic heterocycles. The summed E-state index contributed by atoms with van der Waals surface area (Å²) in [5, 5.41) is 21.6. The van der Waals surface area contributed by atoms with E-state index in [1.165, 1.54) is 89.9 Å². The zero-order valence-corrected chi connectivity index (χ0v) is 16.8. The highest BCUT2D eigenvalue weighted by atomic mass is 16.3. The van der Waals surface area contributed by atoms with E-state index in [0.29, 0.717) is 11.8 Å². The molecule has 2 heteroatoms. The zero-order chi connectivity index (χ0) is 17.9. The fourth-order valence-electron chi connectivity index (χ4n) is 7.46.